The molecule has 30 heavy (non-hydrogen) atoms. The first kappa shape index (κ1) is 24.0. The van der Waals surface area contributed by atoms with Crippen molar-refractivity contribution in [2.45, 2.75) is 32.8 Å². The van der Waals surface area contributed by atoms with Crippen molar-refractivity contribution in [2.75, 3.05) is 32.0 Å². The average molecular weight is 448 g/mol. The van der Waals surface area contributed by atoms with Crippen LogP contribution in [0.15, 0.2) is 24.3 Å². The molecule has 1 N–H and O–H groups in total. The van der Waals surface area contributed by atoms with Crippen LogP contribution in [0.2, 0.25) is 0 Å². The molecular formula is C19H26F2N2O6S. The number of sulfonamides is 1. The summed E-state index contributed by atoms with van der Waals surface area (Å²) in [6.07, 6.45) is 1.20. The number of nitrogens with one attached hydrogen (secondary N) is 1. The van der Waals surface area contributed by atoms with Gasteiger partial charge in [0.25, 0.3) is 5.91 Å². The van der Waals surface area contributed by atoms with Crippen molar-refractivity contribution >= 4 is 21.9 Å². The van der Waals surface area contributed by atoms with Crippen molar-refractivity contribution in [1.82, 2.24) is 9.62 Å². The molecule has 1 amide bonds. The van der Waals surface area contributed by atoms with Gasteiger partial charge in [0.15, 0.2) is 6.61 Å². The molecule has 0 radical (unpaired) electrons. The van der Waals surface area contributed by atoms with E-state index in [9.17, 15) is 26.8 Å². The first-order valence-electron chi connectivity index (χ1n) is 9.66. The van der Waals surface area contributed by atoms with E-state index in [0.717, 1.165) is 5.56 Å². The van der Waals surface area contributed by atoms with E-state index in [1.807, 2.05) is 0 Å². The van der Waals surface area contributed by atoms with Crippen LogP contribution in [0.4, 0.5) is 8.78 Å². The van der Waals surface area contributed by atoms with Crippen LogP contribution in [0, 0.1) is 5.92 Å². The van der Waals surface area contributed by atoms with Crippen LogP contribution in [0.5, 0.6) is 5.75 Å². The lowest BCUT2D eigenvalue weighted by molar-refractivity contribution is -0.153. The normalized spacial score (nSPS) is 15.7. The maximum Gasteiger partial charge on any atom is 0.387 e. The average Bonchev–Trinajstić information content (AvgIpc) is 2.73. The maximum atomic E-state index is 12.1. The van der Waals surface area contributed by atoms with E-state index in [4.69, 9.17) is 4.74 Å². The van der Waals surface area contributed by atoms with Crippen LogP contribution in [0.25, 0.3) is 0 Å². The zero-order chi connectivity index (χ0) is 22.1. The first-order valence-corrected chi connectivity index (χ1v) is 11.3. The summed E-state index contributed by atoms with van der Waals surface area (Å²) in [5.74, 6) is -1.30. The largest absolute Gasteiger partial charge is 0.455 e. The zero-order valence-electron chi connectivity index (χ0n) is 16.7. The number of carbonyl (C=O) groups excluding carboxylic acids is 2. The highest BCUT2D eigenvalue weighted by Gasteiger charge is 2.31. The second kappa shape index (κ2) is 11.2. The fraction of sp³-hybridized carbons (Fsp3) is 0.579. The van der Waals surface area contributed by atoms with Gasteiger partial charge in [0.1, 0.15) is 5.75 Å². The predicted molar refractivity (Wildman–Crippen MR) is 105 cm³/mol. The third-order valence-electron chi connectivity index (χ3n) is 4.78. The van der Waals surface area contributed by atoms with Gasteiger partial charge in [-0.15, -0.1) is 0 Å². The van der Waals surface area contributed by atoms with E-state index in [1.165, 1.54) is 16.4 Å². The van der Waals surface area contributed by atoms with Gasteiger partial charge in [-0.25, -0.2) is 12.7 Å². The van der Waals surface area contributed by atoms with E-state index in [0.29, 0.717) is 25.8 Å². The Balaban J connectivity index is 1.64. The van der Waals surface area contributed by atoms with E-state index >= 15 is 0 Å². The number of ether oxygens (including phenoxy) is 2. The van der Waals surface area contributed by atoms with Crippen LogP contribution in [0.1, 0.15) is 25.3 Å². The highest BCUT2D eigenvalue weighted by Crippen LogP contribution is 2.21. The van der Waals surface area contributed by atoms with E-state index in [2.05, 4.69) is 10.1 Å². The predicted octanol–water partition coefficient (Wildman–Crippen LogP) is 1.55. The molecule has 1 fully saturated rings. The minimum absolute atomic E-state index is 0.0237. The third-order valence-corrected chi connectivity index (χ3v) is 6.66. The van der Waals surface area contributed by atoms with E-state index in [-0.39, 0.29) is 24.6 Å². The molecule has 0 spiro atoms. The molecule has 1 saturated heterocycles. The van der Waals surface area contributed by atoms with Crippen LogP contribution in [-0.4, -0.2) is 63.2 Å². The molecule has 2 rings (SSSR count). The summed E-state index contributed by atoms with van der Waals surface area (Å²) in [7, 11) is -3.26. The van der Waals surface area contributed by atoms with Gasteiger partial charge < -0.3 is 14.8 Å². The molecule has 1 aliphatic heterocycles. The molecule has 8 nitrogen and oxygen atoms in total. The topological polar surface area (TPSA) is 102 Å². The molecule has 0 aliphatic carbocycles. The van der Waals surface area contributed by atoms with E-state index < -0.39 is 41.0 Å². The standard InChI is InChI=1S/C19H26F2N2O6S/c1-2-30(26,27)23-11-8-15(9-12-23)18(25)28-13-17(24)22-10-7-14-3-5-16(6-4-14)29-19(20)21/h3-6,15,19H,2,7-13H2,1H3,(H,22,24). The smallest absolute Gasteiger partial charge is 0.387 e. The Morgan fingerprint density at radius 2 is 1.83 bits per heavy atom. The molecule has 0 aromatic heterocycles. The summed E-state index contributed by atoms with van der Waals surface area (Å²) in [5, 5.41) is 2.62. The highest BCUT2D eigenvalue weighted by atomic mass is 32.2. The second-order valence-corrected chi connectivity index (χ2v) is 9.06. The molecule has 1 aromatic carbocycles. The second-order valence-electron chi connectivity index (χ2n) is 6.80. The van der Waals surface area contributed by atoms with Gasteiger partial charge in [-0.05, 0) is 43.9 Å². The number of alkyl halides is 2. The molecule has 0 saturated carbocycles. The third kappa shape index (κ3) is 7.52. The Kier molecular flexibility index (Phi) is 8.97. The summed E-state index contributed by atoms with van der Waals surface area (Å²) in [6.45, 7) is -0.890. The number of amides is 1. The summed E-state index contributed by atoms with van der Waals surface area (Å²) >= 11 is 0. The number of piperidine rings is 1. The Morgan fingerprint density at radius 3 is 2.40 bits per heavy atom. The first-order chi connectivity index (χ1) is 14.2. The Hall–Kier alpha value is -2.27. The molecule has 0 bridgehead atoms. The van der Waals surface area contributed by atoms with Gasteiger partial charge >= 0.3 is 12.6 Å². The SMILES string of the molecule is CCS(=O)(=O)N1CCC(C(=O)OCC(=O)NCCc2ccc(OC(F)F)cc2)CC1. The number of hydrogen-bond acceptors (Lipinski definition) is 6. The maximum absolute atomic E-state index is 12.1. The van der Waals surface area contributed by atoms with Crippen molar-refractivity contribution < 1.29 is 36.3 Å². The number of nitrogens with zero attached hydrogens (tertiary/aromatic N) is 1. The van der Waals surface area contributed by atoms with Gasteiger partial charge in [0.2, 0.25) is 10.0 Å². The zero-order valence-corrected chi connectivity index (χ0v) is 17.5. The van der Waals surface area contributed by atoms with Crippen LogP contribution in [-0.2, 0) is 30.8 Å². The van der Waals surface area contributed by atoms with Crippen LogP contribution < -0.4 is 10.1 Å². The van der Waals surface area contributed by atoms with Gasteiger partial charge in [0.05, 0.1) is 11.7 Å². The molecule has 0 atom stereocenters. The molecule has 11 heteroatoms. The number of halogens is 2. The number of rotatable bonds is 10. The molecule has 1 aliphatic rings. The lowest BCUT2D eigenvalue weighted by Crippen LogP contribution is -2.41. The minimum Gasteiger partial charge on any atom is -0.455 e. The van der Waals surface area contributed by atoms with Crippen molar-refractivity contribution in [2.24, 2.45) is 5.92 Å². The molecule has 0 unspecified atom stereocenters. The van der Waals surface area contributed by atoms with Crippen LogP contribution in [0.3, 0.4) is 0 Å². The summed E-state index contributed by atoms with van der Waals surface area (Å²) in [5.41, 5.74) is 0.822. The monoisotopic (exact) mass is 448 g/mol. The number of benzene rings is 1. The number of carbonyl (C=O) groups is 2. The lowest BCUT2D eigenvalue weighted by atomic mass is 9.98. The van der Waals surface area contributed by atoms with Gasteiger partial charge in [-0.3, -0.25) is 9.59 Å². The molecule has 168 valence electrons. The Bertz CT molecular complexity index is 809. The van der Waals surface area contributed by atoms with Crippen molar-refractivity contribution in [3.8, 4) is 5.75 Å². The summed E-state index contributed by atoms with van der Waals surface area (Å²) < 4.78 is 58.5. The fourth-order valence-corrected chi connectivity index (χ4v) is 4.17. The van der Waals surface area contributed by atoms with Crippen LogP contribution >= 0.6 is 0 Å². The van der Waals surface area contributed by atoms with Gasteiger partial charge in [0, 0.05) is 19.6 Å². The fourth-order valence-electron chi connectivity index (χ4n) is 3.04. The van der Waals surface area contributed by atoms with Gasteiger partial charge in [-0.2, -0.15) is 8.78 Å². The lowest BCUT2D eigenvalue weighted by Gasteiger charge is -2.29. The highest BCUT2D eigenvalue weighted by molar-refractivity contribution is 7.89. The number of hydrogen-bond donors (Lipinski definition) is 1. The van der Waals surface area contributed by atoms with Crippen molar-refractivity contribution in [3.63, 3.8) is 0 Å². The quantitative estimate of drug-likeness (QED) is 0.545. The minimum atomic E-state index is -3.26. The number of esters is 1. The Labute approximate surface area is 174 Å². The van der Waals surface area contributed by atoms with Gasteiger partial charge in [-0.1, -0.05) is 12.1 Å². The molecule has 1 aromatic rings. The molecular weight excluding hydrogens is 422 g/mol. The van der Waals surface area contributed by atoms with E-state index in [1.54, 1.807) is 19.1 Å². The molecule has 1 heterocycles. The van der Waals surface area contributed by atoms with Crippen molar-refractivity contribution in [3.05, 3.63) is 29.8 Å². The van der Waals surface area contributed by atoms with Crippen molar-refractivity contribution in [1.29, 1.82) is 0 Å². The summed E-state index contributed by atoms with van der Waals surface area (Å²) in [4.78, 5) is 23.9. The Morgan fingerprint density at radius 1 is 1.20 bits per heavy atom. The summed E-state index contributed by atoms with van der Waals surface area (Å²) in [6, 6.07) is 6.08.